The van der Waals surface area contributed by atoms with E-state index in [2.05, 4.69) is 0 Å². The van der Waals surface area contributed by atoms with Gasteiger partial charge in [-0.25, -0.2) is 9.59 Å². The van der Waals surface area contributed by atoms with E-state index in [9.17, 15) is 19.6 Å². The van der Waals surface area contributed by atoms with Crippen LogP contribution in [0.1, 0.15) is 31.1 Å². The average Bonchev–Trinajstić information content (AvgIpc) is 2.84. The standard InChI is InChI=1S/C15H18BNO6/c1-15(2,3)23-14(19)17-11-7-5-6-9(13(18)22-4)10(11)8-12(17)16(20)21/h5-8,20-21H,1-4H3. The van der Waals surface area contributed by atoms with Crippen LogP contribution in [0.5, 0.6) is 0 Å². The van der Waals surface area contributed by atoms with Crippen LogP contribution in [0.4, 0.5) is 4.79 Å². The van der Waals surface area contributed by atoms with Gasteiger partial charge < -0.3 is 19.5 Å². The minimum absolute atomic E-state index is 0.0920. The molecule has 0 saturated carbocycles. The second-order valence-electron chi connectivity index (χ2n) is 5.99. The summed E-state index contributed by atoms with van der Waals surface area (Å²) in [4.78, 5) is 24.3. The Morgan fingerprint density at radius 2 is 1.87 bits per heavy atom. The number of methoxy groups -OCH3 is 1. The predicted molar refractivity (Wildman–Crippen MR) is 84.7 cm³/mol. The van der Waals surface area contributed by atoms with Crippen LogP contribution in [-0.2, 0) is 9.47 Å². The highest BCUT2D eigenvalue weighted by Gasteiger charge is 2.28. The summed E-state index contributed by atoms with van der Waals surface area (Å²) >= 11 is 0. The van der Waals surface area contributed by atoms with Crippen LogP contribution in [0.2, 0.25) is 0 Å². The summed E-state index contributed by atoms with van der Waals surface area (Å²) < 4.78 is 11.0. The monoisotopic (exact) mass is 319 g/mol. The van der Waals surface area contributed by atoms with Crippen LogP contribution in [0.25, 0.3) is 10.9 Å². The van der Waals surface area contributed by atoms with Crippen molar-refractivity contribution in [3.05, 3.63) is 29.8 Å². The normalized spacial score (nSPS) is 11.4. The molecular formula is C15H18BNO6. The molecule has 0 aliphatic carbocycles. The van der Waals surface area contributed by atoms with Gasteiger partial charge in [0.2, 0.25) is 0 Å². The summed E-state index contributed by atoms with van der Waals surface area (Å²) in [7, 11) is -0.659. The molecule has 0 aliphatic heterocycles. The van der Waals surface area contributed by atoms with E-state index in [1.807, 2.05) is 0 Å². The average molecular weight is 319 g/mol. The molecule has 0 radical (unpaired) electrons. The van der Waals surface area contributed by atoms with Crippen molar-refractivity contribution < 1.29 is 29.1 Å². The number of nitrogens with zero attached hydrogens (tertiary/aromatic N) is 1. The van der Waals surface area contributed by atoms with Crippen LogP contribution >= 0.6 is 0 Å². The third-order valence-electron chi connectivity index (χ3n) is 3.12. The minimum Gasteiger partial charge on any atom is -0.465 e. The molecule has 2 aromatic rings. The van der Waals surface area contributed by atoms with Crippen molar-refractivity contribution in [1.29, 1.82) is 0 Å². The number of esters is 1. The molecular weight excluding hydrogens is 301 g/mol. The molecule has 23 heavy (non-hydrogen) atoms. The van der Waals surface area contributed by atoms with E-state index in [-0.39, 0.29) is 11.2 Å². The zero-order valence-corrected chi connectivity index (χ0v) is 13.4. The van der Waals surface area contributed by atoms with Gasteiger partial charge in [-0.15, -0.1) is 0 Å². The van der Waals surface area contributed by atoms with Crippen molar-refractivity contribution in [1.82, 2.24) is 4.57 Å². The van der Waals surface area contributed by atoms with Crippen molar-refractivity contribution in [3.8, 4) is 0 Å². The van der Waals surface area contributed by atoms with Gasteiger partial charge in [-0.2, -0.15) is 0 Å². The first-order chi connectivity index (χ1) is 10.7. The molecule has 0 bridgehead atoms. The Morgan fingerprint density at radius 3 is 2.39 bits per heavy atom. The molecule has 0 fully saturated rings. The zero-order chi connectivity index (χ0) is 17.4. The number of fused-ring (bicyclic) bond motifs is 1. The Labute approximate surface area is 133 Å². The summed E-state index contributed by atoms with van der Waals surface area (Å²) in [5.74, 6) is -0.587. The van der Waals surface area contributed by atoms with E-state index in [0.717, 1.165) is 4.57 Å². The van der Waals surface area contributed by atoms with Crippen LogP contribution in [0.15, 0.2) is 24.3 Å². The number of carbonyl (C=O) groups excluding carboxylic acids is 2. The molecule has 1 aromatic carbocycles. The fourth-order valence-corrected chi connectivity index (χ4v) is 2.24. The van der Waals surface area contributed by atoms with Crippen LogP contribution < -0.4 is 5.59 Å². The molecule has 0 atom stereocenters. The second kappa shape index (κ2) is 6.06. The number of benzene rings is 1. The smallest absolute Gasteiger partial charge is 0.465 e. The van der Waals surface area contributed by atoms with Gasteiger partial charge in [-0.1, -0.05) is 6.07 Å². The Kier molecular flexibility index (Phi) is 4.49. The molecule has 7 nitrogen and oxygen atoms in total. The molecule has 0 spiro atoms. The van der Waals surface area contributed by atoms with E-state index >= 15 is 0 Å². The highest BCUT2D eigenvalue weighted by molar-refractivity contribution is 6.59. The van der Waals surface area contributed by atoms with Gasteiger partial charge in [-0.3, -0.25) is 4.57 Å². The van der Waals surface area contributed by atoms with E-state index in [1.165, 1.54) is 19.2 Å². The third-order valence-corrected chi connectivity index (χ3v) is 3.12. The van der Waals surface area contributed by atoms with Crippen LogP contribution in [0, 0.1) is 0 Å². The van der Waals surface area contributed by atoms with Crippen molar-refractivity contribution in [2.75, 3.05) is 7.11 Å². The van der Waals surface area contributed by atoms with Crippen molar-refractivity contribution in [2.45, 2.75) is 26.4 Å². The molecule has 1 aromatic heterocycles. The van der Waals surface area contributed by atoms with Crippen molar-refractivity contribution in [3.63, 3.8) is 0 Å². The summed E-state index contributed by atoms with van der Waals surface area (Å²) in [5, 5.41) is 19.5. The van der Waals surface area contributed by atoms with E-state index in [1.54, 1.807) is 32.9 Å². The van der Waals surface area contributed by atoms with Gasteiger partial charge in [0.25, 0.3) is 0 Å². The Balaban J connectivity index is 2.70. The second-order valence-corrected chi connectivity index (χ2v) is 5.99. The number of aromatic nitrogens is 1. The first-order valence-corrected chi connectivity index (χ1v) is 6.98. The quantitative estimate of drug-likeness (QED) is 0.630. The number of ether oxygens (including phenoxy) is 2. The fourth-order valence-electron chi connectivity index (χ4n) is 2.24. The SMILES string of the molecule is COC(=O)c1cccc2c1cc(B(O)O)n2C(=O)OC(C)(C)C. The lowest BCUT2D eigenvalue weighted by Gasteiger charge is -2.21. The Hall–Kier alpha value is -2.32. The summed E-state index contributed by atoms with van der Waals surface area (Å²) in [5.41, 5.74) is -0.309. The molecule has 0 amide bonds. The molecule has 2 rings (SSSR count). The van der Waals surface area contributed by atoms with Gasteiger partial charge in [-0.05, 0) is 39.0 Å². The molecule has 122 valence electrons. The van der Waals surface area contributed by atoms with E-state index in [4.69, 9.17) is 9.47 Å². The zero-order valence-electron chi connectivity index (χ0n) is 13.4. The lowest BCUT2D eigenvalue weighted by atomic mass is 9.86. The lowest BCUT2D eigenvalue weighted by Crippen LogP contribution is -2.40. The Morgan fingerprint density at radius 1 is 1.22 bits per heavy atom. The lowest BCUT2D eigenvalue weighted by molar-refractivity contribution is 0.0545. The van der Waals surface area contributed by atoms with E-state index < -0.39 is 24.8 Å². The minimum atomic E-state index is -1.90. The van der Waals surface area contributed by atoms with Crippen molar-refractivity contribution >= 4 is 35.7 Å². The first-order valence-electron chi connectivity index (χ1n) is 6.98. The van der Waals surface area contributed by atoms with Gasteiger partial charge in [0.15, 0.2) is 0 Å². The molecule has 0 aliphatic rings. The highest BCUT2D eigenvalue weighted by atomic mass is 16.6. The summed E-state index contributed by atoms with van der Waals surface area (Å²) in [6.07, 6.45) is -0.766. The van der Waals surface area contributed by atoms with Crippen LogP contribution in [0.3, 0.4) is 0 Å². The van der Waals surface area contributed by atoms with Gasteiger partial charge in [0.05, 0.1) is 23.8 Å². The fraction of sp³-hybridized carbons (Fsp3) is 0.333. The third kappa shape index (κ3) is 3.38. The molecule has 0 saturated heterocycles. The maximum atomic E-state index is 12.4. The first kappa shape index (κ1) is 17.0. The van der Waals surface area contributed by atoms with Gasteiger partial charge in [0.1, 0.15) is 5.60 Å². The van der Waals surface area contributed by atoms with Gasteiger partial charge in [0, 0.05) is 5.39 Å². The van der Waals surface area contributed by atoms with Crippen LogP contribution in [-0.4, -0.2) is 46.5 Å². The topological polar surface area (TPSA) is 98.0 Å². The highest BCUT2D eigenvalue weighted by Crippen LogP contribution is 2.21. The van der Waals surface area contributed by atoms with Gasteiger partial charge >= 0.3 is 19.2 Å². The molecule has 8 heteroatoms. The number of hydrogen-bond donors (Lipinski definition) is 2. The maximum Gasteiger partial charge on any atom is 0.506 e. The maximum absolute atomic E-state index is 12.4. The van der Waals surface area contributed by atoms with Crippen molar-refractivity contribution in [2.24, 2.45) is 0 Å². The molecule has 0 unspecified atom stereocenters. The van der Waals surface area contributed by atoms with E-state index in [0.29, 0.717) is 10.9 Å². The summed E-state index contributed by atoms with van der Waals surface area (Å²) in [6.45, 7) is 5.10. The number of carbonyl (C=O) groups is 2. The predicted octanol–water partition coefficient (Wildman–Crippen LogP) is 0.891. The largest absolute Gasteiger partial charge is 0.506 e. The molecule has 2 N–H and O–H groups in total. The Bertz CT molecular complexity index is 759. The number of rotatable bonds is 2. The number of hydrogen-bond acceptors (Lipinski definition) is 6. The summed E-state index contributed by atoms with van der Waals surface area (Å²) in [6, 6.07) is 6.04. The molecule has 1 heterocycles.